The van der Waals surface area contributed by atoms with E-state index in [4.69, 9.17) is 14.7 Å². The quantitative estimate of drug-likeness (QED) is 0.300. The Morgan fingerprint density at radius 1 is 0.972 bits per heavy atom. The summed E-state index contributed by atoms with van der Waals surface area (Å²) in [5, 5.41) is 9.99. The van der Waals surface area contributed by atoms with E-state index in [1.54, 1.807) is 0 Å². The summed E-state index contributed by atoms with van der Waals surface area (Å²) in [6.45, 7) is 9.83. The Bertz CT molecular complexity index is 1240. The lowest BCUT2D eigenvalue weighted by atomic mass is 10.0. The topological polar surface area (TPSA) is 82.3 Å². The van der Waals surface area contributed by atoms with Gasteiger partial charge in [-0.25, -0.2) is 9.97 Å². The molecule has 0 radical (unpaired) electrons. The molecule has 0 spiro atoms. The number of fused-ring (bicyclic) bond motifs is 1. The second kappa shape index (κ2) is 11.9. The highest BCUT2D eigenvalue weighted by Crippen LogP contribution is 2.30. The van der Waals surface area contributed by atoms with E-state index < -0.39 is 11.9 Å². The third kappa shape index (κ3) is 5.59. The molecule has 1 fully saturated rings. The minimum atomic E-state index is -1.11. The normalized spacial score (nSPS) is 14.5. The third-order valence-electron chi connectivity index (χ3n) is 6.95. The second-order valence-electron chi connectivity index (χ2n) is 9.40. The van der Waals surface area contributed by atoms with Crippen molar-refractivity contribution in [1.82, 2.24) is 9.97 Å². The van der Waals surface area contributed by atoms with Crippen molar-refractivity contribution in [2.24, 2.45) is 0 Å². The van der Waals surface area contributed by atoms with Crippen LogP contribution in [0.4, 0.5) is 11.5 Å². The van der Waals surface area contributed by atoms with Gasteiger partial charge in [0.15, 0.2) is 11.7 Å². The number of aromatic nitrogens is 2. The first kappa shape index (κ1) is 25.4. The maximum atomic E-state index is 12.9. The van der Waals surface area contributed by atoms with Gasteiger partial charge >= 0.3 is 5.97 Å². The number of hydrogen-bond acceptors (Lipinski definition) is 7. The predicted octanol–water partition coefficient (Wildman–Crippen LogP) is 5.30. The summed E-state index contributed by atoms with van der Waals surface area (Å²) in [5.74, 6) is -1.06. The summed E-state index contributed by atoms with van der Waals surface area (Å²) in [5.41, 5.74) is 5.63. The van der Waals surface area contributed by atoms with Gasteiger partial charge in [-0.3, -0.25) is 4.79 Å². The number of rotatable bonds is 9. The van der Waals surface area contributed by atoms with Crippen LogP contribution in [0.2, 0.25) is 0 Å². The molecule has 7 nitrogen and oxygen atoms in total. The summed E-state index contributed by atoms with van der Waals surface area (Å²) < 4.78 is 5.49. The van der Waals surface area contributed by atoms with Crippen LogP contribution in [0, 0.1) is 25.2 Å². The first-order chi connectivity index (χ1) is 17.5. The van der Waals surface area contributed by atoms with E-state index in [1.807, 2.05) is 24.3 Å². The number of anilines is 2. The SMILES string of the molecule is CCCCCCOC(=O)[C@@H](C#N)c1nc2ccccc2nc1N1CCN(c2cccc(C)c2C)CC1. The smallest absolute Gasteiger partial charge is 0.329 e. The molecule has 0 aliphatic carbocycles. The lowest BCUT2D eigenvalue weighted by molar-refractivity contribution is -0.144. The maximum absolute atomic E-state index is 12.9. The lowest BCUT2D eigenvalue weighted by Crippen LogP contribution is -2.47. The van der Waals surface area contributed by atoms with Crippen molar-refractivity contribution < 1.29 is 9.53 Å². The number of para-hydroxylation sites is 2. The van der Waals surface area contributed by atoms with Crippen molar-refractivity contribution in [3.63, 3.8) is 0 Å². The van der Waals surface area contributed by atoms with Crippen molar-refractivity contribution in [3.05, 3.63) is 59.3 Å². The number of carbonyl (C=O) groups excluding carboxylic acids is 1. The van der Waals surface area contributed by atoms with Crippen LogP contribution < -0.4 is 9.80 Å². The molecule has 2 heterocycles. The summed E-state index contributed by atoms with van der Waals surface area (Å²) in [4.78, 5) is 27.1. The Kier molecular flexibility index (Phi) is 8.37. The standard InChI is InChI=1S/C29H35N5O2/c1-4-5-6-9-19-36-29(35)23(20-30)27-28(32-25-13-8-7-12-24(25)31-27)34-17-15-33(16-18-34)26-14-10-11-21(2)22(26)3/h7-8,10-14,23H,4-6,9,15-19H2,1-3H3/t23-/m0/s1. The number of carbonyl (C=O) groups is 1. The minimum Gasteiger partial charge on any atom is -0.464 e. The number of aryl methyl sites for hydroxylation is 1. The van der Waals surface area contributed by atoms with E-state index in [1.165, 1.54) is 16.8 Å². The fraction of sp³-hybridized carbons (Fsp3) is 0.448. The molecule has 0 saturated carbocycles. The Morgan fingerprint density at radius 3 is 2.36 bits per heavy atom. The molecule has 0 bridgehead atoms. The Balaban J connectivity index is 1.57. The fourth-order valence-corrected chi connectivity index (χ4v) is 4.68. The Labute approximate surface area is 213 Å². The van der Waals surface area contributed by atoms with Gasteiger partial charge in [-0.05, 0) is 49.6 Å². The summed E-state index contributed by atoms with van der Waals surface area (Å²) >= 11 is 0. The van der Waals surface area contributed by atoms with E-state index in [9.17, 15) is 10.1 Å². The van der Waals surface area contributed by atoms with Crippen LogP contribution in [0.5, 0.6) is 0 Å². The molecule has 1 aromatic heterocycles. The predicted molar refractivity (Wildman–Crippen MR) is 143 cm³/mol. The van der Waals surface area contributed by atoms with Gasteiger partial charge in [0, 0.05) is 31.9 Å². The first-order valence-electron chi connectivity index (χ1n) is 12.9. The molecule has 1 aliphatic heterocycles. The van der Waals surface area contributed by atoms with E-state index in [0.29, 0.717) is 23.6 Å². The molecular weight excluding hydrogens is 450 g/mol. The van der Waals surface area contributed by atoms with Crippen molar-refractivity contribution in [2.75, 3.05) is 42.6 Å². The van der Waals surface area contributed by atoms with Crippen LogP contribution in [0.3, 0.4) is 0 Å². The highest BCUT2D eigenvalue weighted by Gasteiger charge is 2.31. The molecule has 0 amide bonds. The van der Waals surface area contributed by atoms with Crippen LogP contribution in [-0.2, 0) is 9.53 Å². The van der Waals surface area contributed by atoms with Crippen molar-refractivity contribution in [3.8, 4) is 6.07 Å². The highest BCUT2D eigenvalue weighted by molar-refractivity contribution is 5.85. The van der Waals surface area contributed by atoms with Gasteiger partial charge in [0.25, 0.3) is 0 Å². The number of nitriles is 1. The van der Waals surface area contributed by atoms with E-state index >= 15 is 0 Å². The van der Waals surface area contributed by atoms with Crippen LogP contribution in [0.1, 0.15) is 55.3 Å². The molecule has 0 N–H and O–H groups in total. The van der Waals surface area contributed by atoms with Crippen LogP contribution in [0.25, 0.3) is 11.0 Å². The number of piperazine rings is 1. The molecular formula is C29H35N5O2. The van der Waals surface area contributed by atoms with Gasteiger partial charge in [0.05, 0.1) is 23.7 Å². The monoisotopic (exact) mass is 485 g/mol. The van der Waals surface area contributed by atoms with E-state index in [2.05, 4.69) is 54.8 Å². The van der Waals surface area contributed by atoms with E-state index in [-0.39, 0.29) is 0 Å². The Hall–Kier alpha value is -3.66. The summed E-state index contributed by atoms with van der Waals surface area (Å²) in [6.07, 6.45) is 4.02. The largest absolute Gasteiger partial charge is 0.464 e. The molecule has 1 atom stereocenters. The maximum Gasteiger partial charge on any atom is 0.329 e. The molecule has 3 aromatic rings. The van der Waals surface area contributed by atoms with E-state index in [0.717, 1.165) is 57.4 Å². The zero-order chi connectivity index (χ0) is 25.5. The summed E-state index contributed by atoms with van der Waals surface area (Å²) in [7, 11) is 0. The van der Waals surface area contributed by atoms with Crippen LogP contribution in [-0.4, -0.2) is 48.7 Å². The molecule has 36 heavy (non-hydrogen) atoms. The van der Waals surface area contributed by atoms with Gasteiger partial charge < -0.3 is 14.5 Å². The zero-order valence-electron chi connectivity index (χ0n) is 21.5. The van der Waals surface area contributed by atoms with Gasteiger partial charge in [-0.2, -0.15) is 5.26 Å². The molecule has 1 aliphatic rings. The van der Waals surface area contributed by atoms with Gasteiger partial charge in [0.2, 0.25) is 0 Å². The molecule has 7 heteroatoms. The Morgan fingerprint density at radius 2 is 1.67 bits per heavy atom. The van der Waals surface area contributed by atoms with Crippen molar-refractivity contribution in [1.29, 1.82) is 5.26 Å². The third-order valence-corrected chi connectivity index (χ3v) is 6.95. The number of nitrogens with zero attached hydrogens (tertiary/aromatic N) is 5. The van der Waals surface area contributed by atoms with Crippen molar-refractivity contribution in [2.45, 2.75) is 52.4 Å². The minimum absolute atomic E-state index is 0.321. The molecule has 188 valence electrons. The van der Waals surface area contributed by atoms with Crippen LogP contribution >= 0.6 is 0 Å². The summed E-state index contributed by atoms with van der Waals surface area (Å²) in [6, 6.07) is 16.1. The highest BCUT2D eigenvalue weighted by atomic mass is 16.5. The average Bonchev–Trinajstić information content (AvgIpc) is 2.90. The molecule has 1 saturated heterocycles. The number of ether oxygens (including phenoxy) is 1. The molecule has 4 rings (SSSR count). The number of esters is 1. The lowest BCUT2D eigenvalue weighted by Gasteiger charge is -2.38. The average molecular weight is 486 g/mol. The number of unbranched alkanes of at least 4 members (excludes halogenated alkanes) is 3. The first-order valence-corrected chi connectivity index (χ1v) is 12.9. The second-order valence-corrected chi connectivity index (χ2v) is 9.40. The number of hydrogen-bond donors (Lipinski definition) is 0. The number of benzene rings is 2. The molecule has 0 unspecified atom stereocenters. The van der Waals surface area contributed by atoms with Gasteiger partial charge in [-0.15, -0.1) is 0 Å². The van der Waals surface area contributed by atoms with Crippen LogP contribution in [0.15, 0.2) is 42.5 Å². The zero-order valence-corrected chi connectivity index (χ0v) is 21.5. The van der Waals surface area contributed by atoms with Gasteiger partial charge in [0.1, 0.15) is 5.69 Å². The van der Waals surface area contributed by atoms with Crippen molar-refractivity contribution >= 4 is 28.5 Å². The molecule has 2 aromatic carbocycles. The van der Waals surface area contributed by atoms with Gasteiger partial charge in [-0.1, -0.05) is 50.5 Å². The fourth-order valence-electron chi connectivity index (χ4n) is 4.68.